The first-order chi connectivity index (χ1) is 9.57. The lowest BCUT2D eigenvalue weighted by Crippen LogP contribution is -2.30. The summed E-state index contributed by atoms with van der Waals surface area (Å²) in [5, 5.41) is 0. The van der Waals surface area contributed by atoms with E-state index >= 15 is 0 Å². The largest absolute Gasteiger partial charge is 0.497 e. The van der Waals surface area contributed by atoms with E-state index in [1.807, 2.05) is 18.2 Å². The van der Waals surface area contributed by atoms with Gasteiger partial charge in [-0.1, -0.05) is 19.9 Å². The molecule has 0 radical (unpaired) electrons. The van der Waals surface area contributed by atoms with Crippen LogP contribution >= 0.6 is 0 Å². The molecule has 4 heteroatoms. The highest BCUT2D eigenvalue weighted by atomic mass is 16.5. The standard InChI is InChI=1S/C16H25NO3/c1-6-17(7-2)15(10-12(3)18)14-9-8-13(19-4)11-16(14)20-5/h8-9,11,15H,6-7,10H2,1-5H3. The summed E-state index contributed by atoms with van der Waals surface area (Å²) in [5.74, 6) is 1.70. The Kier molecular flexibility index (Phi) is 6.52. The molecule has 1 rings (SSSR count). The van der Waals surface area contributed by atoms with E-state index < -0.39 is 0 Å². The lowest BCUT2D eigenvalue weighted by molar-refractivity contribution is -0.118. The summed E-state index contributed by atoms with van der Waals surface area (Å²) in [4.78, 5) is 13.9. The fraction of sp³-hybridized carbons (Fsp3) is 0.562. The van der Waals surface area contributed by atoms with Gasteiger partial charge in [0, 0.05) is 24.1 Å². The Morgan fingerprint density at radius 2 is 1.85 bits per heavy atom. The van der Waals surface area contributed by atoms with Gasteiger partial charge in [-0.25, -0.2) is 0 Å². The minimum absolute atomic E-state index is 0.0448. The fourth-order valence-electron chi connectivity index (χ4n) is 2.47. The van der Waals surface area contributed by atoms with Crippen molar-refractivity contribution in [2.24, 2.45) is 0 Å². The molecule has 0 saturated heterocycles. The van der Waals surface area contributed by atoms with Crippen molar-refractivity contribution < 1.29 is 14.3 Å². The SMILES string of the molecule is CCN(CC)C(CC(C)=O)c1ccc(OC)cc1OC. The third-order valence-corrected chi connectivity index (χ3v) is 3.53. The number of hydrogen-bond donors (Lipinski definition) is 0. The summed E-state index contributed by atoms with van der Waals surface area (Å²) in [6.07, 6.45) is 0.490. The quantitative estimate of drug-likeness (QED) is 0.733. The second-order valence-corrected chi connectivity index (χ2v) is 4.75. The Morgan fingerprint density at radius 3 is 2.30 bits per heavy atom. The zero-order valence-electron chi connectivity index (χ0n) is 13.1. The van der Waals surface area contributed by atoms with E-state index in [2.05, 4.69) is 18.7 Å². The molecule has 112 valence electrons. The van der Waals surface area contributed by atoms with E-state index in [1.165, 1.54) is 0 Å². The molecular weight excluding hydrogens is 254 g/mol. The van der Waals surface area contributed by atoms with Gasteiger partial charge in [0.25, 0.3) is 0 Å². The van der Waals surface area contributed by atoms with Crippen molar-refractivity contribution in [2.45, 2.75) is 33.2 Å². The number of ether oxygens (including phenoxy) is 2. The Morgan fingerprint density at radius 1 is 1.20 bits per heavy atom. The Labute approximate surface area is 121 Å². The Bertz CT molecular complexity index is 441. The van der Waals surface area contributed by atoms with Gasteiger partial charge >= 0.3 is 0 Å². The highest BCUT2D eigenvalue weighted by Gasteiger charge is 2.23. The number of carbonyl (C=O) groups is 1. The van der Waals surface area contributed by atoms with Gasteiger partial charge in [0.1, 0.15) is 17.3 Å². The average Bonchev–Trinajstić information content (AvgIpc) is 2.46. The molecule has 0 aliphatic carbocycles. The van der Waals surface area contributed by atoms with Gasteiger partial charge in [0.2, 0.25) is 0 Å². The van der Waals surface area contributed by atoms with Gasteiger partial charge in [-0.3, -0.25) is 9.69 Å². The van der Waals surface area contributed by atoms with Gasteiger partial charge in [0.15, 0.2) is 0 Å². The minimum atomic E-state index is 0.0448. The number of ketones is 1. The van der Waals surface area contributed by atoms with Crippen LogP contribution in [0.1, 0.15) is 38.8 Å². The van der Waals surface area contributed by atoms with Crippen LogP contribution in [-0.2, 0) is 4.79 Å². The molecule has 0 heterocycles. The smallest absolute Gasteiger partial charge is 0.131 e. The fourth-order valence-corrected chi connectivity index (χ4v) is 2.47. The van der Waals surface area contributed by atoms with E-state index in [-0.39, 0.29) is 11.8 Å². The molecule has 1 unspecified atom stereocenters. The third kappa shape index (κ3) is 3.97. The van der Waals surface area contributed by atoms with Crippen LogP contribution in [0, 0.1) is 0 Å². The van der Waals surface area contributed by atoms with Crippen LogP contribution in [0.25, 0.3) is 0 Å². The summed E-state index contributed by atoms with van der Waals surface area (Å²) in [5.41, 5.74) is 1.03. The number of methoxy groups -OCH3 is 2. The van der Waals surface area contributed by atoms with Crippen LogP contribution < -0.4 is 9.47 Å². The maximum atomic E-state index is 11.6. The molecular formula is C16H25NO3. The van der Waals surface area contributed by atoms with Crippen molar-refractivity contribution in [3.05, 3.63) is 23.8 Å². The molecule has 0 aliphatic rings. The van der Waals surface area contributed by atoms with Gasteiger partial charge in [-0.15, -0.1) is 0 Å². The molecule has 20 heavy (non-hydrogen) atoms. The normalized spacial score (nSPS) is 12.3. The van der Waals surface area contributed by atoms with E-state index in [1.54, 1.807) is 21.1 Å². The first-order valence-electron chi connectivity index (χ1n) is 7.02. The van der Waals surface area contributed by atoms with Crippen molar-refractivity contribution in [3.8, 4) is 11.5 Å². The molecule has 0 N–H and O–H groups in total. The van der Waals surface area contributed by atoms with Gasteiger partial charge < -0.3 is 9.47 Å². The number of nitrogens with zero attached hydrogens (tertiary/aromatic N) is 1. The van der Waals surface area contributed by atoms with Crippen molar-refractivity contribution >= 4 is 5.78 Å². The van der Waals surface area contributed by atoms with Crippen LogP contribution in [0.4, 0.5) is 0 Å². The third-order valence-electron chi connectivity index (χ3n) is 3.53. The highest BCUT2D eigenvalue weighted by molar-refractivity contribution is 5.76. The van der Waals surface area contributed by atoms with Gasteiger partial charge in [0.05, 0.1) is 14.2 Å². The molecule has 0 fully saturated rings. The second kappa shape index (κ2) is 7.90. The summed E-state index contributed by atoms with van der Waals surface area (Å²) in [7, 11) is 3.28. The zero-order valence-corrected chi connectivity index (χ0v) is 13.1. The predicted octanol–water partition coefficient (Wildman–Crippen LogP) is 3.07. The number of rotatable bonds is 8. The lowest BCUT2D eigenvalue weighted by Gasteiger charge is -2.30. The lowest BCUT2D eigenvalue weighted by atomic mass is 9.98. The summed E-state index contributed by atoms with van der Waals surface area (Å²) >= 11 is 0. The van der Waals surface area contributed by atoms with E-state index in [4.69, 9.17) is 9.47 Å². The number of carbonyl (C=O) groups excluding carboxylic acids is 1. The van der Waals surface area contributed by atoms with Crippen LogP contribution in [0.15, 0.2) is 18.2 Å². The summed E-state index contributed by atoms with van der Waals surface area (Å²) in [6.45, 7) is 7.62. The monoisotopic (exact) mass is 279 g/mol. The molecule has 0 saturated carbocycles. The Hall–Kier alpha value is -1.55. The van der Waals surface area contributed by atoms with Gasteiger partial charge in [-0.2, -0.15) is 0 Å². The van der Waals surface area contributed by atoms with Crippen LogP contribution in [0.5, 0.6) is 11.5 Å². The first-order valence-corrected chi connectivity index (χ1v) is 7.02. The van der Waals surface area contributed by atoms with Crippen molar-refractivity contribution in [2.75, 3.05) is 27.3 Å². The molecule has 1 aromatic carbocycles. The van der Waals surface area contributed by atoms with Crippen molar-refractivity contribution in [3.63, 3.8) is 0 Å². The van der Waals surface area contributed by atoms with E-state index in [0.29, 0.717) is 6.42 Å². The Balaban J connectivity index is 3.21. The number of Topliss-reactive ketones (excluding diaryl/α,β-unsaturated/α-hetero) is 1. The first kappa shape index (κ1) is 16.5. The minimum Gasteiger partial charge on any atom is -0.497 e. The summed E-state index contributed by atoms with van der Waals surface area (Å²) in [6, 6.07) is 5.81. The topological polar surface area (TPSA) is 38.8 Å². The van der Waals surface area contributed by atoms with Gasteiger partial charge in [-0.05, 0) is 26.1 Å². The van der Waals surface area contributed by atoms with Crippen LogP contribution in [-0.4, -0.2) is 38.0 Å². The molecule has 0 aliphatic heterocycles. The molecule has 1 aromatic rings. The number of hydrogen-bond acceptors (Lipinski definition) is 4. The highest BCUT2D eigenvalue weighted by Crippen LogP contribution is 2.34. The predicted molar refractivity (Wildman–Crippen MR) is 80.5 cm³/mol. The van der Waals surface area contributed by atoms with E-state index in [0.717, 1.165) is 30.2 Å². The van der Waals surface area contributed by atoms with Crippen LogP contribution in [0.2, 0.25) is 0 Å². The number of benzene rings is 1. The van der Waals surface area contributed by atoms with Crippen molar-refractivity contribution in [1.82, 2.24) is 4.90 Å². The zero-order chi connectivity index (χ0) is 15.1. The molecule has 1 atom stereocenters. The van der Waals surface area contributed by atoms with Crippen molar-refractivity contribution in [1.29, 1.82) is 0 Å². The maximum Gasteiger partial charge on any atom is 0.131 e. The molecule has 0 amide bonds. The molecule has 4 nitrogen and oxygen atoms in total. The molecule has 0 aromatic heterocycles. The average molecular weight is 279 g/mol. The summed E-state index contributed by atoms with van der Waals surface area (Å²) < 4.78 is 10.7. The maximum absolute atomic E-state index is 11.6. The molecule has 0 bridgehead atoms. The molecule has 0 spiro atoms. The van der Waals surface area contributed by atoms with E-state index in [9.17, 15) is 4.79 Å². The second-order valence-electron chi connectivity index (χ2n) is 4.75. The van der Waals surface area contributed by atoms with Crippen LogP contribution in [0.3, 0.4) is 0 Å².